The first kappa shape index (κ1) is 28.9. The molecule has 1 atom stereocenters. The number of hydrogen-bond donors (Lipinski definition) is 1. The summed E-state index contributed by atoms with van der Waals surface area (Å²) in [7, 11) is 1.71. The zero-order valence-corrected chi connectivity index (χ0v) is 25.2. The zero-order valence-electron chi connectivity index (χ0n) is 25.2. The van der Waals surface area contributed by atoms with Gasteiger partial charge in [0.05, 0.1) is 24.3 Å². The van der Waals surface area contributed by atoms with E-state index in [-0.39, 0.29) is 18.6 Å². The fourth-order valence-corrected chi connectivity index (χ4v) is 5.43. The van der Waals surface area contributed by atoms with Crippen LogP contribution in [0.3, 0.4) is 0 Å². The maximum atomic E-state index is 13.6. The first-order valence-electron chi connectivity index (χ1n) is 14.2. The van der Waals surface area contributed by atoms with E-state index in [0.29, 0.717) is 36.4 Å². The summed E-state index contributed by atoms with van der Waals surface area (Å²) in [6.45, 7) is 15.4. The van der Waals surface area contributed by atoms with Crippen molar-refractivity contribution in [3.05, 3.63) is 48.1 Å². The van der Waals surface area contributed by atoms with Crippen LogP contribution in [0.15, 0.2) is 30.8 Å². The summed E-state index contributed by atoms with van der Waals surface area (Å²) in [4.78, 5) is 45.7. The number of anilines is 2. The number of carbonyl (C=O) groups is 2. The van der Waals surface area contributed by atoms with Crippen molar-refractivity contribution in [2.24, 2.45) is 0 Å². The number of fused-ring (bicyclic) bond motifs is 2. The van der Waals surface area contributed by atoms with Gasteiger partial charge in [0.25, 0.3) is 0 Å². The number of nitrogens with one attached hydrogen (secondary N) is 1. The number of imidazole rings is 1. The first-order valence-corrected chi connectivity index (χ1v) is 14.2. The molecule has 11 heteroatoms. The molecule has 1 fully saturated rings. The largest absolute Gasteiger partial charge is 0.444 e. The Bertz CT molecular complexity index is 1610. The number of aryl methyl sites for hydroxylation is 1. The molecule has 4 heterocycles. The Balaban J connectivity index is 1.46. The second-order valence-electron chi connectivity index (χ2n) is 11.6. The highest BCUT2D eigenvalue weighted by atomic mass is 16.6. The SMILES string of the molecule is C=C1c2c(nc(N3CCC[C@@H](NC(=O)OC(C)(C)C)C3)n2CC#CC)N(C)C(=O)N1Cc1nc(C)c2ccccc2n1. The van der Waals surface area contributed by atoms with Crippen molar-refractivity contribution >= 4 is 40.5 Å². The van der Waals surface area contributed by atoms with Crippen LogP contribution in [0.1, 0.15) is 57.7 Å². The highest BCUT2D eigenvalue weighted by Gasteiger charge is 2.38. The Hall–Kier alpha value is -4.59. The van der Waals surface area contributed by atoms with Gasteiger partial charge in [-0.3, -0.25) is 14.4 Å². The van der Waals surface area contributed by atoms with Gasteiger partial charge in [0.15, 0.2) is 5.82 Å². The fourth-order valence-electron chi connectivity index (χ4n) is 5.43. The monoisotopic (exact) mass is 570 g/mol. The lowest BCUT2D eigenvalue weighted by atomic mass is 10.1. The molecule has 0 aliphatic carbocycles. The highest BCUT2D eigenvalue weighted by Crippen LogP contribution is 2.38. The second kappa shape index (κ2) is 11.4. The van der Waals surface area contributed by atoms with Gasteiger partial charge in [-0.2, -0.15) is 4.98 Å². The maximum Gasteiger partial charge on any atom is 0.407 e. The van der Waals surface area contributed by atoms with E-state index in [2.05, 4.69) is 33.6 Å². The average Bonchev–Trinajstić information content (AvgIpc) is 3.32. The number of piperidine rings is 1. The lowest BCUT2D eigenvalue weighted by Gasteiger charge is -2.35. The van der Waals surface area contributed by atoms with E-state index < -0.39 is 11.7 Å². The van der Waals surface area contributed by atoms with Crippen LogP contribution in [0.25, 0.3) is 16.6 Å². The molecule has 42 heavy (non-hydrogen) atoms. The topological polar surface area (TPSA) is 109 Å². The van der Waals surface area contributed by atoms with Crippen LogP contribution in [0.5, 0.6) is 0 Å². The maximum absolute atomic E-state index is 13.6. The van der Waals surface area contributed by atoms with Gasteiger partial charge in [-0.25, -0.2) is 19.6 Å². The predicted octanol–water partition coefficient (Wildman–Crippen LogP) is 4.69. The normalized spacial score (nSPS) is 17.2. The molecule has 2 aliphatic rings. The third-order valence-electron chi connectivity index (χ3n) is 7.34. The van der Waals surface area contributed by atoms with Crippen molar-refractivity contribution in [1.29, 1.82) is 0 Å². The molecular formula is C31H38N8O3. The lowest BCUT2D eigenvalue weighted by molar-refractivity contribution is 0.0499. The molecular weight excluding hydrogens is 532 g/mol. The summed E-state index contributed by atoms with van der Waals surface area (Å²) in [6.07, 6.45) is 1.25. The second-order valence-corrected chi connectivity index (χ2v) is 11.6. The molecule has 0 bridgehead atoms. The summed E-state index contributed by atoms with van der Waals surface area (Å²) >= 11 is 0. The highest BCUT2D eigenvalue weighted by molar-refractivity contribution is 6.02. The van der Waals surface area contributed by atoms with Crippen molar-refractivity contribution in [2.75, 3.05) is 29.9 Å². The summed E-state index contributed by atoms with van der Waals surface area (Å²) in [5, 5.41) is 3.98. The molecule has 11 nitrogen and oxygen atoms in total. The fraction of sp³-hybridized carbons (Fsp3) is 0.452. The molecule has 2 aliphatic heterocycles. The van der Waals surface area contributed by atoms with Gasteiger partial charge in [-0.1, -0.05) is 30.7 Å². The van der Waals surface area contributed by atoms with Crippen molar-refractivity contribution in [3.63, 3.8) is 0 Å². The quantitative estimate of drug-likeness (QED) is 0.443. The van der Waals surface area contributed by atoms with E-state index in [0.717, 1.165) is 41.7 Å². The Morgan fingerprint density at radius 1 is 1.21 bits per heavy atom. The van der Waals surface area contributed by atoms with Gasteiger partial charge in [-0.05, 0) is 53.5 Å². The van der Waals surface area contributed by atoms with Gasteiger partial charge < -0.3 is 15.0 Å². The molecule has 3 amide bonds. The number of nitrogens with zero attached hydrogens (tertiary/aromatic N) is 7. The number of alkyl carbamates (subject to hydrolysis) is 1. The summed E-state index contributed by atoms with van der Waals surface area (Å²) in [5.41, 5.74) is 2.33. The molecule has 3 aromatic rings. The van der Waals surface area contributed by atoms with Gasteiger partial charge in [-0.15, -0.1) is 5.92 Å². The molecule has 1 saturated heterocycles. The lowest BCUT2D eigenvalue weighted by Crippen LogP contribution is -2.49. The number of carbonyl (C=O) groups excluding carboxylic acids is 2. The minimum Gasteiger partial charge on any atom is -0.444 e. The molecule has 0 saturated carbocycles. The van der Waals surface area contributed by atoms with E-state index in [9.17, 15) is 9.59 Å². The number of ether oxygens (including phenoxy) is 1. The number of urea groups is 1. The molecule has 220 valence electrons. The van der Waals surface area contributed by atoms with Crippen molar-refractivity contribution in [2.45, 2.75) is 72.2 Å². The number of benzene rings is 1. The Morgan fingerprint density at radius 2 is 1.98 bits per heavy atom. The Labute approximate surface area is 246 Å². The van der Waals surface area contributed by atoms with E-state index in [1.165, 1.54) is 4.90 Å². The van der Waals surface area contributed by atoms with Gasteiger partial charge in [0.1, 0.15) is 17.1 Å². The molecule has 2 aromatic heterocycles. The van der Waals surface area contributed by atoms with E-state index in [4.69, 9.17) is 14.7 Å². The number of aromatic nitrogens is 4. The van der Waals surface area contributed by atoms with Crippen molar-refractivity contribution in [1.82, 2.24) is 29.7 Å². The van der Waals surface area contributed by atoms with Crippen molar-refractivity contribution in [3.8, 4) is 11.8 Å². The van der Waals surface area contributed by atoms with E-state index >= 15 is 0 Å². The van der Waals surface area contributed by atoms with Gasteiger partial charge in [0, 0.05) is 37.3 Å². The predicted molar refractivity (Wildman–Crippen MR) is 163 cm³/mol. The minimum atomic E-state index is -0.577. The third kappa shape index (κ3) is 5.75. The van der Waals surface area contributed by atoms with Crippen LogP contribution in [0.4, 0.5) is 21.4 Å². The van der Waals surface area contributed by atoms with Crippen LogP contribution < -0.4 is 15.1 Å². The standard InChI is InChI=1S/C31H38N8O3/c1-8-9-17-38-26-21(3)39(19-25-32-20(2)23-14-10-11-15-24(23)34-25)30(41)36(7)27(26)35-28(38)37-16-12-13-22(18-37)33-29(40)42-31(4,5)6/h10-11,14-15,22H,3,12-13,16-19H2,1-2,4-7H3,(H,33,40)/t22-/m1/s1. The molecule has 0 spiro atoms. The van der Waals surface area contributed by atoms with Crippen LogP contribution in [-0.4, -0.2) is 68.3 Å². The smallest absolute Gasteiger partial charge is 0.407 e. The number of hydrogen-bond acceptors (Lipinski definition) is 7. The Morgan fingerprint density at radius 3 is 2.71 bits per heavy atom. The number of amides is 3. The summed E-state index contributed by atoms with van der Waals surface area (Å²) in [6, 6.07) is 7.46. The van der Waals surface area contributed by atoms with Crippen LogP contribution in [0, 0.1) is 18.8 Å². The van der Waals surface area contributed by atoms with Crippen LogP contribution in [-0.2, 0) is 17.8 Å². The molecule has 1 aromatic carbocycles. The van der Waals surface area contributed by atoms with E-state index in [1.54, 1.807) is 18.9 Å². The summed E-state index contributed by atoms with van der Waals surface area (Å²) in [5.74, 6) is 7.86. The average molecular weight is 571 g/mol. The minimum absolute atomic E-state index is 0.111. The zero-order chi connectivity index (χ0) is 30.2. The third-order valence-corrected chi connectivity index (χ3v) is 7.34. The van der Waals surface area contributed by atoms with E-state index in [1.807, 2.05) is 56.5 Å². The Kier molecular flexibility index (Phi) is 7.82. The number of para-hydroxylation sites is 1. The first-order chi connectivity index (χ1) is 20.0. The van der Waals surface area contributed by atoms with Gasteiger partial charge in [0.2, 0.25) is 5.95 Å². The van der Waals surface area contributed by atoms with Crippen LogP contribution in [0.2, 0.25) is 0 Å². The molecule has 0 unspecified atom stereocenters. The van der Waals surface area contributed by atoms with Crippen molar-refractivity contribution < 1.29 is 14.3 Å². The molecule has 1 N–H and O–H groups in total. The molecule has 5 rings (SSSR count). The van der Waals surface area contributed by atoms with Gasteiger partial charge >= 0.3 is 12.1 Å². The number of rotatable bonds is 5. The van der Waals surface area contributed by atoms with Crippen LogP contribution >= 0.6 is 0 Å². The molecule has 0 radical (unpaired) electrons. The summed E-state index contributed by atoms with van der Waals surface area (Å²) < 4.78 is 7.48.